The standard InChI is InChI=1S/C14H14O3S2/c1-17-13-7-8-14(19(15,16)18)12(10-13)9-11-5-3-2-4-6-11/h2-8,10H,9H2,1H3,(H,15,16,18). The number of rotatable bonds is 4. The van der Waals surface area contributed by atoms with Crippen molar-refractivity contribution >= 4 is 20.5 Å². The fourth-order valence-corrected chi connectivity index (χ4v) is 3.13. The van der Waals surface area contributed by atoms with Gasteiger partial charge in [-0.2, -0.15) is 0 Å². The molecular weight excluding hydrogens is 280 g/mol. The van der Waals surface area contributed by atoms with Crippen molar-refractivity contribution in [1.82, 2.24) is 0 Å². The van der Waals surface area contributed by atoms with Gasteiger partial charge in [0, 0.05) is 0 Å². The minimum absolute atomic E-state index is 0.223. The summed E-state index contributed by atoms with van der Waals surface area (Å²) < 4.78 is 28.5. The second kappa shape index (κ2) is 5.67. The third-order valence-corrected chi connectivity index (χ3v) is 4.33. The minimum Gasteiger partial charge on any atom is -0.497 e. The second-order valence-corrected chi connectivity index (χ2v) is 6.94. The molecule has 0 aliphatic rings. The molecule has 100 valence electrons. The van der Waals surface area contributed by atoms with E-state index >= 15 is 0 Å². The highest BCUT2D eigenvalue weighted by atomic mass is 33.1. The van der Waals surface area contributed by atoms with Crippen LogP contribution in [0, 0.1) is 0 Å². The fraction of sp³-hybridized carbons (Fsp3) is 0.143. The van der Waals surface area contributed by atoms with E-state index < -0.39 is 8.87 Å². The van der Waals surface area contributed by atoms with Crippen molar-refractivity contribution in [2.75, 3.05) is 7.11 Å². The van der Waals surface area contributed by atoms with Gasteiger partial charge < -0.3 is 4.74 Å². The summed E-state index contributed by atoms with van der Waals surface area (Å²) in [4.78, 5) is 0.223. The van der Waals surface area contributed by atoms with E-state index in [9.17, 15) is 8.42 Å². The van der Waals surface area contributed by atoms with E-state index in [0.717, 1.165) is 5.56 Å². The van der Waals surface area contributed by atoms with Gasteiger partial charge >= 0.3 is 0 Å². The number of methoxy groups -OCH3 is 1. The smallest absolute Gasteiger partial charge is 0.227 e. The predicted octanol–water partition coefficient (Wildman–Crippen LogP) is 2.90. The van der Waals surface area contributed by atoms with Gasteiger partial charge in [0.2, 0.25) is 8.87 Å². The lowest BCUT2D eigenvalue weighted by Crippen LogP contribution is -2.00. The molecule has 0 saturated heterocycles. The summed E-state index contributed by atoms with van der Waals surface area (Å²) in [7, 11) is -1.99. The first-order valence-corrected chi connectivity index (χ1v) is 8.22. The molecule has 3 nitrogen and oxygen atoms in total. The number of hydrogen-bond donors (Lipinski definition) is 1. The first kappa shape index (κ1) is 14.0. The summed E-state index contributed by atoms with van der Waals surface area (Å²) in [6, 6.07) is 14.6. The van der Waals surface area contributed by atoms with Crippen LogP contribution in [0.1, 0.15) is 11.1 Å². The molecule has 0 bridgehead atoms. The summed E-state index contributed by atoms with van der Waals surface area (Å²) in [5, 5.41) is 0. The molecule has 2 rings (SSSR count). The summed E-state index contributed by atoms with van der Waals surface area (Å²) in [5.41, 5.74) is 1.72. The number of benzene rings is 2. The first-order valence-electron chi connectivity index (χ1n) is 5.69. The monoisotopic (exact) mass is 294 g/mol. The van der Waals surface area contributed by atoms with Gasteiger partial charge in [-0.15, -0.1) is 0 Å². The summed E-state index contributed by atoms with van der Waals surface area (Å²) in [6.07, 6.45) is 0.521. The molecule has 0 saturated carbocycles. The Kier molecular flexibility index (Phi) is 4.17. The van der Waals surface area contributed by atoms with E-state index in [4.69, 9.17) is 4.74 Å². The quantitative estimate of drug-likeness (QED) is 0.696. The van der Waals surface area contributed by atoms with Crippen LogP contribution in [-0.2, 0) is 15.3 Å². The minimum atomic E-state index is -3.54. The maximum Gasteiger partial charge on any atom is 0.227 e. The van der Waals surface area contributed by atoms with Crippen LogP contribution in [0.5, 0.6) is 5.75 Å². The maximum absolute atomic E-state index is 11.7. The lowest BCUT2D eigenvalue weighted by Gasteiger charge is -2.10. The van der Waals surface area contributed by atoms with Crippen LogP contribution in [0.2, 0.25) is 0 Å². The van der Waals surface area contributed by atoms with E-state index in [0.29, 0.717) is 17.7 Å². The van der Waals surface area contributed by atoms with Gasteiger partial charge in [-0.25, -0.2) is 8.42 Å². The molecule has 0 radical (unpaired) electrons. The highest BCUT2D eigenvalue weighted by molar-refractivity contribution is 8.63. The Balaban J connectivity index is 2.47. The summed E-state index contributed by atoms with van der Waals surface area (Å²) in [6.45, 7) is 0. The molecule has 0 N–H and O–H groups in total. The maximum atomic E-state index is 11.7. The van der Waals surface area contributed by atoms with E-state index in [1.54, 1.807) is 19.2 Å². The molecule has 0 aliphatic heterocycles. The molecule has 0 heterocycles. The van der Waals surface area contributed by atoms with E-state index in [-0.39, 0.29) is 4.90 Å². The number of hydrogen-bond acceptors (Lipinski definition) is 3. The van der Waals surface area contributed by atoms with Gasteiger partial charge in [-0.1, -0.05) is 30.3 Å². The predicted molar refractivity (Wildman–Crippen MR) is 78.4 cm³/mol. The zero-order valence-electron chi connectivity index (χ0n) is 10.4. The largest absolute Gasteiger partial charge is 0.497 e. The summed E-state index contributed by atoms with van der Waals surface area (Å²) in [5.74, 6) is 0.631. The number of thiol groups is 1. The molecular formula is C14H14O3S2. The zero-order valence-corrected chi connectivity index (χ0v) is 12.1. The molecule has 19 heavy (non-hydrogen) atoms. The molecule has 0 aromatic heterocycles. The van der Waals surface area contributed by atoms with Gasteiger partial charge in [-0.3, -0.25) is 0 Å². The SMILES string of the molecule is COc1ccc(S(=O)(=O)S)c(Cc2ccccc2)c1. The van der Waals surface area contributed by atoms with Crippen LogP contribution in [0.4, 0.5) is 0 Å². The molecule has 0 amide bonds. The lowest BCUT2D eigenvalue weighted by molar-refractivity contribution is 0.414. The Bertz CT molecular complexity index is 664. The Morgan fingerprint density at radius 1 is 1.11 bits per heavy atom. The van der Waals surface area contributed by atoms with Crippen LogP contribution in [-0.4, -0.2) is 15.5 Å². The Hall–Kier alpha value is -1.46. The van der Waals surface area contributed by atoms with Gasteiger partial charge in [0.25, 0.3) is 0 Å². The van der Waals surface area contributed by atoms with E-state index in [1.807, 2.05) is 30.3 Å². The van der Waals surface area contributed by atoms with Gasteiger partial charge in [0.15, 0.2) is 0 Å². The van der Waals surface area contributed by atoms with Crippen molar-refractivity contribution in [3.05, 3.63) is 59.7 Å². The van der Waals surface area contributed by atoms with Crippen LogP contribution < -0.4 is 4.74 Å². The lowest BCUT2D eigenvalue weighted by atomic mass is 10.0. The van der Waals surface area contributed by atoms with Crippen molar-refractivity contribution in [2.24, 2.45) is 0 Å². The van der Waals surface area contributed by atoms with Gasteiger partial charge in [0.1, 0.15) is 5.75 Å². The molecule has 0 unspecified atom stereocenters. The molecule has 5 heteroatoms. The van der Waals surface area contributed by atoms with E-state index in [1.165, 1.54) is 6.07 Å². The first-order chi connectivity index (χ1) is 9.00. The zero-order chi connectivity index (χ0) is 13.9. The average Bonchev–Trinajstić information content (AvgIpc) is 2.38. The molecule has 0 aliphatic carbocycles. The van der Waals surface area contributed by atoms with Crippen molar-refractivity contribution in [3.63, 3.8) is 0 Å². The Morgan fingerprint density at radius 2 is 1.79 bits per heavy atom. The second-order valence-electron chi connectivity index (χ2n) is 4.11. The Labute approximate surface area is 118 Å². The van der Waals surface area contributed by atoms with Crippen LogP contribution >= 0.6 is 11.7 Å². The van der Waals surface area contributed by atoms with Crippen LogP contribution in [0.3, 0.4) is 0 Å². The number of ether oxygens (including phenoxy) is 1. The van der Waals surface area contributed by atoms with Crippen LogP contribution in [0.15, 0.2) is 53.4 Å². The molecule has 0 atom stereocenters. The molecule has 0 spiro atoms. The normalized spacial score (nSPS) is 11.3. The molecule has 2 aromatic rings. The van der Waals surface area contributed by atoms with Gasteiger partial charge in [-0.05, 0) is 47.4 Å². The van der Waals surface area contributed by atoms with Crippen molar-refractivity contribution in [2.45, 2.75) is 11.3 Å². The fourth-order valence-electron chi connectivity index (χ4n) is 1.89. The van der Waals surface area contributed by atoms with Crippen molar-refractivity contribution in [3.8, 4) is 5.75 Å². The van der Waals surface area contributed by atoms with Gasteiger partial charge in [0.05, 0.1) is 12.0 Å². The Morgan fingerprint density at radius 3 is 2.37 bits per heavy atom. The van der Waals surface area contributed by atoms with Crippen LogP contribution in [0.25, 0.3) is 0 Å². The van der Waals surface area contributed by atoms with Crippen molar-refractivity contribution in [1.29, 1.82) is 0 Å². The topological polar surface area (TPSA) is 43.4 Å². The summed E-state index contributed by atoms with van der Waals surface area (Å²) >= 11 is 3.68. The highest BCUT2D eigenvalue weighted by Crippen LogP contribution is 2.26. The third kappa shape index (κ3) is 3.52. The molecule has 0 fully saturated rings. The van der Waals surface area contributed by atoms with Crippen molar-refractivity contribution < 1.29 is 13.2 Å². The third-order valence-electron chi connectivity index (χ3n) is 2.78. The highest BCUT2D eigenvalue weighted by Gasteiger charge is 2.15. The molecule has 2 aromatic carbocycles. The van der Waals surface area contributed by atoms with E-state index in [2.05, 4.69) is 11.7 Å². The average molecular weight is 294 g/mol.